The highest BCUT2D eigenvalue weighted by Crippen LogP contribution is 2.39. The predicted molar refractivity (Wildman–Crippen MR) is 152 cm³/mol. The fourth-order valence-corrected chi connectivity index (χ4v) is 5.75. The number of aromatic nitrogens is 2. The van der Waals surface area contributed by atoms with Crippen molar-refractivity contribution in [1.82, 2.24) is 24.3 Å². The second kappa shape index (κ2) is 12.5. The van der Waals surface area contributed by atoms with Crippen molar-refractivity contribution in [1.29, 1.82) is 0 Å². The lowest BCUT2D eigenvalue weighted by molar-refractivity contribution is -0.275. The molecule has 1 aliphatic carbocycles. The summed E-state index contributed by atoms with van der Waals surface area (Å²) in [7, 11) is -1.51. The molecule has 2 aliphatic rings. The predicted octanol–water partition coefficient (Wildman–Crippen LogP) is 3.78. The Bertz CT molecular complexity index is 1550. The zero-order valence-electron chi connectivity index (χ0n) is 23.9. The lowest BCUT2D eigenvalue weighted by Crippen LogP contribution is -2.47. The number of benzene rings is 2. The number of amides is 1. The third-order valence-corrected chi connectivity index (χ3v) is 8.74. The van der Waals surface area contributed by atoms with Crippen molar-refractivity contribution in [3.05, 3.63) is 76.6 Å². The van der Waals surface area contributed by atoms with E-state index in [1.54, 1.807) is 19.2 Å². The van der Waals surface area contributed by atoms with E-state index in [4.69, 9.17) is 4.74 Å². The maximum absolute atomic E-state index is 13.2. The SMILES string of the molecule is Cn1nc(C2CC2)cc1C(=O)NCc1ccc(OCc2ccc(CN3CCN(S(C)(=O)=O)CC3)cc2)c(OC(F)(F)F)c1. The monoisotopic (exact) mass is 621 g/mol. The summed E-state index contributed by atoms with van der Waals surface area (Å²) in [6, 6.07) is 13.4. The molecule has 10 nitrogen and oxygen atoms in total. The van der Waals surface area contributed by atoms with Crippen LogP contribution in [-0.2, 0) is 36.8 Å². The zero-order valence-corrected chi connectivity index (χ0v) is 24.7. The van der Waals surface area contributed by atoms with Crippen molar-refractivity contribution < 1.29 is 35.9 Å². The number of halogens is 3. The van der Waals surface area contributed by atoms with Crippen LogP contribution in [0, 0.1) is 0 Å². The molecule has 1 saturated carbocycles. The van der Waals surface area contributed by atoms with Gasteiger partial charge in [-0.3, -0.25) is 14.4 Å². The standard InChI is InChI=1S/C29H34F3N5O5S/c1-35-25(16-24(34-35)23-8-9-23)28(38)33-17-22-7-10-26(27(15-22)42-29(30,31)32)41-19-21-5-3-20(4-6-21)18-36-11-13-37(14-12-36)43(2,39)40/h3-7,10,15-16,23H,8-9,11-14,17-19H2,1-2H3,(H,33,38). The Morgan fingerprint density at radius 3 is 2.26 bits per heavy atom. The summed E-state index contributed by atoms with van der Waals surface area (Å²) >= 11 is 0. The minimum atomic E-state index is -4.93. The van der Waals surface area contributed by atoms with Crippen molar-refractivity contribution in [2.45, 2.75) is 44.8 Å². The molecule has 2 aromatic carbocycles. The molecule has 1 amide bonds. The Balaban J connectivity index is 1.17. The van der Waals surface area contributed by atoms with Gasteiger partial charge in [-0.05, 0) is 47.7 Å². The number of nitrogens with zero attached hydrogens (tertiary/aromatic N) is 4. The van der Waals surface area contributed by atoms with Crippen molar-refractivity contribution in [2.24, 2.45) is 7.05 Å². The smallest absolute Gasteiger partial charge is 0.485 e. The van der Waals surface area contributed by atoms with E-state index in [2.05, 4.69) is 20.1 Å². The van der Waals surface area contributed by atoms with E-state index in [-0.39, 0.29) is 24.8 Å². The van der Waals surface area contributed by atoms with Crippen molar-refractivity contribution in [3.63, 3.8) is 0 Å². The average molecular weight is 622 g/mol. The Labute approximate surface area is 248 Å². The van der Waals surface area contributed by atoms with Gasteiger partial charge in [0.25, 0.3) is 5.91 Å². The van der Waals surface area contributed by atoms with Crippen LogP contribution in [0.1, 0.15) is 51.6 Å². The van der Waals surface area contributed by atoms with E-state index in [1.807, 2.05) is 24.3 Å². The van der Waals surface area contributed by atoms with Crippen LogP contribution in [0.15, 0.2) is 48.5 Å². The summed E-state index contributed by atoms with van der Waals surface area (Å²) in [5.74, 6) is -0.571. The molecule has 0 spiro atoms. The molecule has 0 radical (unpaired) electrons. The molecule has 1 aromatic heterocycles. The summed E-state index contributed by atoms with van der Waals surface area (Å²) in [5, 5.41) is 7.10. The highest BCUT2D eigenvalue weighted by molar-refractivity contribution is 7.88. The van der Waals surface area contributed by atoms with E-state index in [1.165, 1.54) is 27.4 Å². The minimum Gasteiger partial charge on any atom is -0.485 e. The van der Waals surface area contributed by atoms with Gasteiger partial charge in [-0.1, -0.05) is 30.3 Å². The number of carbonyl (C=O) groups is 1. The van der Waals surface area contributed by atoms with Crippen LogP contribution in [0.25, 0.3) is 0 Å². The maximum Gasteiger partial charge on any atom is 0.573 e. The van der Waals surface area contributed by atoms with Crippen LogP contribution < -0.4 is 14.8 Å². The third kappa shape index (κ3) is 8.48. The molecular weight excluding hydrogens is 587 g/mol. The second-order valence-corrected chi connectivity index (χ2v) is 12.9. The fourth-order valence-electron chi connectivity index (χ4n) is 4.92. The lowest BCUT2D eigenvalue weighted by Gasteiger charge is -2.33. The maximum atomic E-state index is 13.2. The van der Waals surface area contributed by atoms with Crippen molar-refractivity contribution in [2.75, 3.05) is 32.4 Å². The summed E-state index contributed by atoms with van der Waals surface area (Å²) < 4.78 is 75.9. The topological polar surface area (TPSA) is 106 Å². The van der Waals surface area contributed by atoms with Crippen LogP contribution in [0.2, 0.25) is 0 Å². The first kappa shape index (κ1) is 30.8. The second-order valence-electron chi connectivity index (χ2n) is 10.9. The number of piperazine rings is 1. The van der Waals surface area contributed by atoms with Gasteiger partial charge in [0.15, 0.2) is 11.5 Å². The minimum absolute atomic E-state index is 0.0119. The van der Waals surface area contributed by atoms with Gasteiger partial charge < -0.3 is 14.8 Å². The Kier molecular flexibility index (Phi) is 8.99. The van der Waals surface area contributed by atoms with Gasteiger partial charge in [0.1, 0.15) is 12.3 Å². The van der Waals surface area contributed by atoms with E-state index >= 15 is 0 Å². The third-order valence-electron chi connectivity index (χ3n) is 7.44. The van der Waals surface area contributed by atoms with Crippen LogP contribution in [0.5, 0.6) is 11.5 Å². The van der Waals surface area contributed by atoms with Crippen LogP contribution >= 0.6 is 0 Å². The van der Waals surface area contributed by atoms with Gasteiger partial charge in [0, 0.05) is 52.2 Å². The largest absolute Gasteiger partial charge is 0.573 e. The highest BCUT2D eigenvalue weighted by atomic mass is 32.2. The lowest BCUT2D eigenvalue weighted by atomic mass is 10.1. The quantitative estimate of drug-likeness (QED) is 0.348. The van der Waals surface area contributed by atoms with Gasteiger partial charge in [-0.15, -0.1) is 13.2 Å². The van der Waals surface area contributed by atoms with Crippen LogP contribution in [0.4, 0.5) is 13.2 Å². The van der Waals surface area contributed by atoms with Gasteiger partial charge >= 0.3 is 6.36 Å². The number of sulfonamides is 1. The van der Waals surface area contributed by atoms with E-state index in [0.717, 1.165) is 29.7 Å². The Morgan fingerprint density at radius 2 is 1.63 bits per heavy atom. The first-order chi connectivity index (χ1) is 20.3. The Hall–Kier alpha value is -3.62. The fraction of sp³-hybridized carbons (Fsp3) is 0.448. The number of rotatable bonds is 11. The molecule has 14 heteroatoms. The molecule has 232 valence electrons. The summed E-state index contributed by atoms with van der Waals surface area (Å²) in [6.45, 7) is 2.81. The van der Waals surface area contributed by atoms with Crippen LogP contribution in [0.3, 0.4) is 0 Å². The zero-order chi connectivity index (χ0) is 30.8. The average Bonchev–Trinajstić information content (AvgIpc) is 3.72. The molecule has 43 heavy (non-hydrogen) atoms. The summed E-state index contributed by atoms with van der Waals surface area (Å²) in [5.41, 5.74) is 3.44. The summed E-state index contributed by atoms with van der Waals surface area (Å²) in [4.78, 5) is 14.9. The van der Waals surface area contributed by atoms with E-state index in [0.29, 0.717) is 49.9 Å². The number of hydrogen-bond donors (Lipinski definition) is 1. The molecule has 5 rings (SSSR count). The summed E-state index contributed by atoms with van der Waals surface area (Å²) in [6.07, 6.45) is -1.62. The van der Waals surface area contributed by atoms with Gasteiger partial charge in [0.05, 0.1) is 11.9 Å². The molecule has 1 aliphatic heterocycles. The highest BCUT2D eigenvalue weighted by Gasteiger charge is 2.33. The molecule has 1 saturated heterocycles. The molecule has 2 fully saturated rings. The molecule has 0 unspecified atom stereocenters. The molecule has 0 bridgehead atoms. The Morgan fingerprint density at radius 1 is 0.977 bits per heavy atom. The number of alkyl halides is 3. The van der Waals surface area contributed by atoms with E-state index in [9.17, 15) is 26.4 Å². The number of carbonyl (C=O) groups excluding carboxylic acids is 1. The number of aryl methyl sites for hydroxylation is 1. The first-order valence-electron chi connectivity index (χ1n) is 13.9. The molecular formula is C29H34F3N5O5S. The van der Waals surface area contributed by atoms with Crippen LogP contribution in [-0.4, -0.2) is 72.1 Å². The van der Waals surface area contributed by atoms with E-state index < -0.39 is 22.1 Å². The van der Waals surface area contributed by atoms with Gasteiger partial charge in [0.2, 0.25) is 10.0 Å². The van der Waals surface area contributed by atoms with Gasteiger partial charge in [-0.2, -0.15) is 9.40 Å². The van der Waals surface area contributed by atoms with Crippen molar-refractivity contribution >= 4 is 15.9 Å². The molecule has 1 N–H and O–H groups in total. The number of hydrogen-bond acceptors (Lipinski definition) is 7. The number of ether oxygens (including phenoxy) is 2. The van der Waals surface area contributed by atoms with Gasteiger partial charge in [-0.25, -0.2) is 8.42 Å². The molecule has 2 heterocycles. The number of nitrogens with one attached hydrogen (secondary N) is 1. The first-order valence-corrected chi connectivity index (χ1v) is 15.8. The molecule has 3 aromatic rings. The van der Waals surface area contributed by atoms with Crippen molar-refractivity contribution in [3.8, 4) is 11.5 Å². The normalized spacial score (nSPS) is 16.7. The molecule has 0 atom stereocenters.